The van der Waals surface area contributed by atoms with Gasteiger partial charge in [-0.3, -0.25) is 4.79 Å². The lowest BCUT2D eigenvalue weighted by Gasteiger charge is -2.37. The Labute approximate surface area is 138 Å². The highest BCUT2D eigenvalue weighted by atomic mass is 32.1. The fourth-order valence-electron chi connectivity index (χ4n) is 3.93. The fourth-order valence-corrected chi connectivity index (χ4v) is 4.76. The Kier molecular flexibility index (Phi) is 5.53. The maximum atomic E-state index is 12.5. The predicted molar refractivity (Wildman–Crippen MR) is 92.6 cm³/mol. The SMILES string of the molecule is Cc1ccsc1C(=O)NC1CCCCC1CN1CCCCC1. The first-order chi connectivity index (χ1) is 10.7. The second kappa shape index (κ2) is 7.60. The van der Waals surface area contributed by atoms with E-state index in [1.165, 1.54) is 58.2 Å². The number of piperidine rings is 1. The van der Waals surface area contributed by atoms with Crippen LogP contribution in [0.2, 0.25) is 0 Å². The number of aryl methyl sites for hydroxylation is 1. The quantitative estimate of drug-likeness (QED) is 0.914. The van der Waals surface area contributed by atoms with E-state index in [4.69, 9.17) is 0 Å². The smallest absolute Gasteiger partial charge is 0.261 e. The van der Waals surface area contributed by atoms with Crippen molar-refractivity contribution < 1.29 is 4.79 Å². The third kappa shape index (κ3) is 3.90. The van der Waals surface area contributed by atoms with E-state index in [0.29, 0.717) is 12.0 Å². The maximum Gasteiger partial charge on any atom is 0.261 e. The van der Waals surface area contributed by atoms with Gasteiger partial charge >= 0.3 is 0 Å². The summed E-state index contributed by atoms with van der Waals surface area (Å²) in [6.45, 7) is 5.70. The zero-order valence-corrected chi connectivity index (χ0v) is 14.5. The van der Waals surface area contributed by atoms with Gasteiger partial charge in [0.15, 0.2) is 0 Å². The van der Waals surface area contributed by atoms with Crippen LogP contribution in [0.15, 0.2) is 11.4 Å². The normalized spacial score (nSPS) is 26.8. The Morgan fingerprint density at radius 1 is 1.23 bits per heavy atom. The molecule has 2 atom stereocenters. The summed E-state index contributed by atoms with van der Waals surface area (Å²) in [5.74, 6) is 0.777. The van der Waals surface area contributed by atoms with E-state index in [1.54, 1.807) is 11.3 Å². The molecule has 0 aromatic carbocycles. The summed E-state index contributed by atoms with van der Waals surface area (Å²) in [7, 11) is 0. The summed E-state index contributed by atoms with van der Waals surface area (Å²) in [5.41, 5.74) is 1.10. The van der Waals surface area contributed by atoms with E-state index in [0.717, 1.165) is 16.9 Å². The zero-order valence-electron chi connectivity index (χ0n) is 13.6. The number of amides is 1. The molecule has 4 heteroatoms. The Morgan fingerprint density at radius 3 is 2.73 bits per heavy atom. The molecule has 3 nitrogen and oxygen atoms in total. The molecule has 0 spiro atoms. The molecule has 122 valence electrons. The fraction of sp³-hybridized carbons (Fsp3) is 0.722. The molecule has 1 aromatic rings. The molecule has 1 aliphatic carbocycles. The maximum absolute atomic E-state index is 12.5. The molecule has 1 N–H and O–H groups in total. The minimum atomic E-state index is 0.142. The number of carbonyl (C=O) groups excluding carboxylic acids is 1. The molecular formula is C18H28N2OS. The number of hydrogen-bond donors (Lipinski definition) is 1. The van der Waals surface area contributed by atoms with E-state index in [-0.39, 0.29) is 5.91 Å². The summed E-state index contributed by atoms with van der Waals surface area (Å²) in [5, 5.41) is 5.36. The summed E-state index contributed by atoms with van der Waals surface area (Å²) >= 11 is 1.56. The summed E-state index contributed by atoms with van der Waals surface area (Å²) < 4.78 is 0. The minimum Gasteiger partial charge on any atom is -0.348 e. The van der Waals surface area contributed by atoms with Crippen LogP contribution in [0.1, 0.15) is 60.2 Å². The van der Waals surface area contributed by atoms with Gasteiger partial charge in [0.2, 0.25) is 0 Å². The molecule has 3 rings (SSSR count). The minimum absolute atomic E-state index is 0.142. The molecule has 2 heterocycles. The Bertz CT molecular complexity index is 493. The van der Waals surface area contributed by atoms with E-state index in [2.05, 4.69) is 10.2 Å². The summed E-state index contributed by atoms with van der Waals surface area (Å²) in [6.07, 6.45) is 9.07. The van der Waals surface area contributed by atoms with Crippen molar-refractivity contribution in [3.63, 3.8) is 0 Å². The van der Waals surface area contributed by atoms with Crippen molar-refractivity contribution in [2.75, 3.05) is 19.6 Å². The van der Waals surface area contributed by atoms with Crippen LogP contribution in [0.25, 0.3) is 0 Å². The number of hydrogen-bond acceptors (Lipinski definition) is 3. The van der Waals surface area contributed by atoms with Gasteiger partial charge in [0.1, 0.15) is 0 Å². The van der Waals surface area contributed by atoms with Crippen LogP contribution < -0.4 is 5.32 Å². The van der Waals surface area contributed by atoms with Gasteiger partial charge in [-0.05, 0) is 68.6 Å². The second-order valence-corrected chi connectivity index (χ2v) is 7.83. The van der Waals surface area contributed by atoms with Gasteiger partial charge in [-0.25, -0.2) is 0 Å². The first-order valence-corrected chi connectivity index (χ1v) is 9.69. The van der Waals surface area contributed by atoms with Gasteiger partial charge in [-0.1, -0.05) is 19.3 Å². The van der Waals surface area contributed by atoms with Gasteiger partial charge in [0.25, 0.3) is 5.91 Å². The van der Waals surface area contributed by atoms with Crippen LogP contribution in [0, 0.1) is 12.8 Å². The first kappa shape index (κ1) is 16.0. The van der Waals surface area contributed by atoms with Crippen molar-refractivity contribution in [3.05, 3.63) is 21.9 Å². The number of carbonyl (C=O) groups is 1. The van der Waals surface area contributed by atoms with Crippen molar-refractivity contribution in [2.24, 2.45) is 5.92 Å². The van der Waals surface area contributed by atoms with Gasteiger partial charge in [0, 0.05) is 12.6 Å². The molecule has 1 aliphatic heterocycles. The molecule has 0 radical (unpaired) electrons. The third-order valence-corrected chi connectivity index (χ3v) is 6.25. The largest absolute Gasteiger partial charge is 0.348 e. The average molecular weight is 321 g/mol. The van der Waals surface area contributed by atoms with E-state index in [9.17, 15) is 4.79 Å². The highest BCUT2D eigenvalue weighted by Gasteiger charge is 2.29. The number of nitrogens with zero attached hydrogens (tertiary/aromatic N) is 1. The lowest BCUT2D eigenvalue weighted by Crippen LogP contribution is -2.47. The molecule has 1 saturated heterocycles. The number of thiophene rings is 1. The van der Waals surface area contributed by atoms with Gasteiger partial charge < -0.3 is 10.2 Å². The van der Waals surface area contributed by atoms with Gasteiger partial charge in [0.05, 0.1) is 4.88 Å². The molecule has 1 amide bonds. The number of likely N-dealkylation sites (tertiary alicyclic amines) is 1. The van der Waals surface area contributed by atoms with Gasteiger partial charge in [-0.2, -0.15) is 0 Å². The summed E-state index contributed by atoms with van der Waals surface area (Å²) in [4.78, 5) is 16.0. The Morgan fingerprint density at radius 2 is 2.00 bits per heavy atom. The molecule has 2 fully saturated rings. The predicted octanol–water partition coefficient (Wildman–Crippen LogP) is 3.83. The first-order valence-electron chi connectivity index (χ1n) is 8.81. The van der Waals surface area contributed by atoms with Crippen molar-refractivity contribution in [3.8, 4) is 0 Å². The number of rotatable bonds is 4. The van der Waals surface area contributed by atoms with E-state index < -0.39 is 0 Å². The molecule has 1 saturated carbocycles. The summed E-state index contributed by atoms with van der Waals surface area (Å²) in [6, 6.07) is 2.40. The monoisotopic (exact) mass is 320 g/mol. The Balaban J connectivity index is 1.59. The third-order valence-electron chi connectivity index (χ3n) is 5.24. The van der Waals surface area contributed by atoms with Crippen LogP contribution in [-0.2, 0) is 0 Å². The van der Waals surface area contributed by atoms with Crippen LogP contribution in [0.5, 0.6) is 0 Å². The highest BCUT2D eigenvalue weighted by molar-refractivity contribution is 7.12. The van der Waals surface area contributed by atoms with Gasteiger partial charge in [-0.15, -0.1) is 11.3 Å². The van der Waals surface area contributed by atoms with E-state index in [1.807, 2.05) is 18.4 Å². The van der Waals surface area contributed by atoms with Crippen LogP contribution in [0.4, 0.5) is 0 Å². The van der Waals surface area contributed by atoms with Crippen LogP contribution >= 0.6 is 11.3 Å². The average Bonchev–Trinajstić information content (AvgIpc) is 2.96. The topological polar surface area (TPSA) is 32.3 Å². The Hall–Kier alpha value is -0.870. The zero-order chi connectivity index (χ0) is 15.4. The standard InChI is InChI=1S/C18H28N2OS/c1-14-9-12-22-17(14)18(21)19-16-8-4-3-7-15(16)13-20-10-5-2-6-11-20/h9,12,15-16H,2-8,10-11,13H2,1H3,(H,19,21). The molecule has 22 heavy (non-hydrogen) atoms. The molecule has 1 aromatic heterocycles. The van der Waals surface area contributed by atoms with Crippen molar-refractivity contribution in [1.82, 2.24) is 10.2 Å². The second-order valence-electron chi connectivity index (χ2n) is 6.92. The molecule has 2 aliphatic rings. The molecular weight excluding hydrogens is 292 g/mol. The lowest BCUT2D eigenvalue weighted by molar-refractivity contribution is 0.0881. The van der Waals surface area contributed by atoms with E-state index >= 15 is 0 Å². The van der Waals surface area contributed by atoms with Crippen molar-refractivity contribution in [2.45, 2.75) is 57.9 Å². The molecule has 2 unspecified atom stereocenters. The number of nitrogens with one attached hydrogen (secondary N) is 1. The van der Waals surface area contributed by atoms with Crippen molar-refractivity contribution in [1.29, 1.82) is 0 Å². The lowest BCUT2D eigenvalue weighted by atomic mass is 9.83. The molecule has 0 bridgehead atoms. The van der Waals surface area contributed by atoms with Crippen LogP contribution in [0.3, 0.4) is 0 Å². The van der Waals surface area contributed by atoms with Crippen LogP contribution in [-0.4, -0.2) is 36.5 Å². The van der Waals surface area contributed by atoms with Crippen molar-refractivity contribution >= 4 is 17.2 Å². The highest BCUT2D eigenvalue weighted by Crippen LogP contribution is 2.27.